The number of nitrogens with one attached hydrogen (secondary N) is 2. The van der Waals surface area contributed by atoms with E-state index in [0.717, 1.165) is 29.7 Å². The van der Waals surface area contributed by atoms with Gasteiger partial charge in [0.15, 0.2) is 5.16 Å². The number of aromatic nitrogens is 2. The van der Waals surface area contributed by atoms with Gasteiger partial charge in [-0.2, -0.15) is 0 Å². The number of carbonyl (C=O) groups is 2. The second-order valence-electron chi connectivity index (χ2n) is 7.77. The molecule has 0 spiro atoms. The average Bonchev–Trinajstić information content (AvgIpc) is 3.45. The van der Waals surface area contributed by atoms with E-state index in [1.807, 2.05) is 19.9 Å². The van der Waals surface area contributed by atoms with E-state index in [0.29, 0.717) is 34.1 Å². The molecule has 1 saturated heterocycles. The van der Waals surface area contributed by atoms with Gasteiger partial charge in [-0.05, 0) is 43.9 Å². The van der Waals surface area contributed by atoms with Crippen molar-refractivity contribution in [3.8, 4) is 0 Å². The average molecular weight is 487 g/mol. The molecule has 1 aliphatic heterocycles. The largest absolute Gasteiger partial charge is 0.376 e. The summed E-state index contributed by atoms with van der Waals surface area (Å²) in [7, 11) is 0. The SMILES string of the molecule is CCc1c(C)sc2nc(SCC(=O)NNC(=O)c3ccccc3)n(CC3CCCO3)c(=O)c12. The molecule has 0 saturated carbocycles. The van der Waals surface area contributed by atoms with Crippen LogP contribution in [0.4, 0.5) is 0 Å². The quantitative estimate of drug-likeness (QED) is 0.302. The first-order valence-corrected chi connectivity index (χ1v) is 12.7. The van der Waals surface area contributed by atoms with Crippen molar-refractivity contribution in [1.29, 1.82) is 0 Å². The molecule has 3 heterocycles. The van der Waals surface area contributed by atoms with Crippen LogP contribution in [0.25, 0.3) is 10.2 Å². The third-order valence-corrected chi connectivity index (χ3v) is 7.54. The maximum atomic E-state index is 13.4. The van der Waals surface area contributed by atoms with Crippen LogP contribution in [0.15, 0.2) is 40.3 Å². The van der Waals surface area contributed by atoms with E-state index in [4.69, 9.17) is 9.72 Å². The Kier molecular flexibility index (Phi) is 7.46. The molecule has 3 aromatic rings. The van der Waals surface area contributed by atoms with Gasteiger partial charge in [-0.15, -0.1) is 11.3 Å². The number of benzene rings is 1. The van der Waals surface area contributed by atoms with Crippen LogP contribution in [0.3, 0.4) is 0 Å². The van der Waals surface area contributed by atoms with Gasteiger partial charge in [-0.3, -0.25) is 29.8 Å². The van der Waals surface area contributed by atoms with Gasteiger partial charge >= 0.3 is 0 Å². The highest BCUT2D eigenvalue weighted by Gasteiger charge is 2.23. The summed E-state index contributed by atoms with van der Waals surface area (Å²) in [6.07, 6.45) is 2.59. The molecule has 8 nitrogen and oxygen atoms in total. The Morgan fingerprint density at radius 2 is 2.06 bits per heavy atom. The lowest BCUT2D eigenvalue weighted by molar-refractivity contribution is -0.119. The number of fused-ring (bicyclic) bond motifs is 1. The zero-order chi connectivity index (χ0) is 23.4. The molecule has 1 aromatic carbocycles. The summed E-state index contributed by atoms with van der Waals surface area (Å²) >= 11 is 2.68. The molecular weight excluding hydrogens is 460 g/mol. The molecule has 2 N–H and O–H groups in total. The molecule has 0 bridgehead atoms. The maximum Gasteiger partial charge on any atom is 0.269 e. The summed E-state index contributed by atoms with van der Waals surface area (Å²) in [5.74, 6) is -0.785. The summed E-state index contributed by atoms with van der Waals surface area (Å²) in [5.41, 5.74) is 6.23. The van der Waals surface area contributed by atoms with Crippen LogP contribution in [0.5, 0.6) is 0 Å². The predicted molar refractivity (Wildman–Crippen MR) is 130 cm³/mol. The Bertz CT molecular complexity index is 1220. The van der Waals surface area contributed by atoms with Crippen molar-refractivity contribution in [3.63, 3.8) is 0 Å². The van der Waals surface area contributed by atoms with E-state index in [9.17, 15) is 14.4 Å². The molecule has 1 aliphatic rings. The van der Waals surface area contributed by atoms with E-state index in [1.165, 1.54) is 23.1 Å². The molecule has 0 aliphatic carbocycles. The number of thiophene rings is 1. The van der Waals surface area contributed by atoms with Crippen LogP contribution >= 0.6 is 23.1 Å². The first kappa shape index (κ1) is 23.5. The summed E-state index contributed by atoms with van der Waals surface area (Å²) in [6.45, 7) is 5.15. The lowest BCUT2D eigenvalue weighted by Gasteiger charge is -2.16. The number of nitrogens with zero attached hydrogens (tertiary/aromatic N) is 2. The second-order valence-corrected chi connectivity index (χ2v) is 9.92. The van der Waals surface area contributed by atoms with Gasteiger partial charge in [-0.25, -0.2) is 4.98 Å². The topological polar surface area (TPSA) is 102 Å². The first-order chi connectivity index (χ1) is 16.0. The van der Waals surface area contributed by atoms with Crippen LogP contribution in [0, 0.1) is 6.92 Å². The molecule has 1 fully saturated rings. The Labute approximate surface area is 199 Å². The highest BCUT2D eigenvalue weighted by Crippen LogP contribution is 2.30. The van der Waals surface area contributed by atoms with E-state index in [2.05, 4.69) is 10.9 Å². The zero-order valence-corrected chi connectivity index (χ0v) is 20.2. The number of thioether (sulfide) groups is 1. The third kappa shape index (κ3) is 5.29. The van der Waals surface area contributed by atoms with E-state index < -0.39 is 5.91 Å². The van der Waals surface area contributed by atoms with Crippen LogP contribution in [0.1, 0.15) is 40.6 Å². The van der Waals surface area contributed by atoms with Crippen LogP contribution in [-0.4, -0.2) is 39.8 Å². The minimum Gasteiger partial charge on any atom is -0.376 e. The molecular formula is C23H26N4O4S2. The fourth-order valence-electron chi connectivity index (χ4n) is 3.87. The monoisotopic (exact) mass is 486 g/mol. The summed E-state index contributed by atoms with van der Waals surface area (Å²) in [6, 6.07) is 8.62. The van der Waals surface area contributed by atoms with Crippen molar-refractivity contribution >= 4 is 45.1 Å². The lowest BCUT2D eigenvalue weighted by Crippen LogP contribution is -2.42. The van der Waals surface area contributed by atoms with Crippen LogP contribution in [-0.2, 0) is 22.5 Å². The van der Waals surface area contributed by atoms with Crippen LogP contribution < -0.4 is 16.4 Å². The fourth-order valence-corrected chi connectivity index (χ4v) is 5.84. The number of hydrogen-bond donors (Lipinski definition) is 2. The molecule has 2 aromatic heterocycles. The standard InChI is InChI=1S/C23H26N4O4S2/c1-3-17-14(2)33-21-19(17)22(30)27(12-16-10-7-11-31-16)23(24-21)32-13-18(28)25-26-20(29)15-8-5-4-6-9-15/h4-6,8-9,16H,3,7,10-13H2,1-2H3,(H,25,28)(H,26,29). The molecule has 2 amide bonds. The van der Waals surface area contributed by atoms with Gasteiger partial charge in [0.2, 0.25) is 5.91 Å². The van der Waals surface area contributed by atoms with Gasteiger partial charge in [0, 0.05) is 17.0 Å². The molecule has 10 heteroatoms. The Morgan fingerprint density at radius 1 is 1.27 bits per heavy atom. The first-order valence-electron chi connectivity index (χ1n) is 10.9. The molecule has 0 radical (unpaired) electrons. The molecule has 1 unspecified atom stereocenters. The molecule has 4 rings (SSSR count). The second kappa shape index (κ2) is 10.5. The van der Waals surface area contributed by atoms with Gasteiger partial charge in [0.05, 0.1) is 23.8 Å². The third-order valence-electron chi connectivity index (χ3n) is 5.53. The van der Waals surface area contributed by atoms with Crippen molar-refractivity contribution < 1.29 is 14.3 Å². The Morgan fingerprint density at radius 3 is 2.76 bits per heavy atom. The predicted octanol–water partition coefficient (Wildman–Crippen LogP) is 3.06. The van der Waals surface area contributed by atoms with Crippen LogP contribution in [0.2, 0.25) is 0 Å². The van der Waals surface area contributed by atoms with Gasteiger partial charge in [0.25, 0.3) is 11.5 Å². The molecule has 33 heavy (non-hydrogen) atoms. The van der Waals surface area contributed by atoms with E-state index in [-0.39, 0.29) is 23.3 Å². The van der Waals surface area contributed by atoms with Crippen molar-refractivity contribution in [2.24, 2.45) is 0 Å². The fraction of sp³-hybridized carbons (Fsp3) is 0.391. The van der Waals surface area contributed by atoms with E-state index >= 15 is 0 Å². The van der Waals surface area contributed by atoms with Gasteiger partial charge in [0.1, 0.15) is 4.83 Å². The van der Waals surface area contributed by atoms with Gasteiger partial charge < -0.3 is 4.74 Å². The number of hydrazine groups is 1. The summed E-state index contributed by atoms with van der Waals surface area (Å²) < 4.78 is 7.40. The van der Waals surface area contributed by atoms with Crippen molar-refractivity contribution in [1.82, 2.24) is 20.4 Å². The molecule has 1 atom stereocenters. The van der Waals surface area contributed by atoms with Crippen molar-refractivity contribution in [2.45, 2.75) is 50.9 Å². The number of aryl methyl sites for hydroxylation is 2. The minimum atomic E-state index is -0.398. The highest BCUT2D eigenvalue weighted by molar-refractivity contribution is 7.99. The highest BCUT2D eigenvalue weighted by atomic mass is 32.2. The summed E-state index contributed by atoms with van der Waals surface area (Å²) in [4.78, 5) is 44.5. The Hall–Kier alpha value is -2.69. The van der Waals surface area contributed by atoms with E-state index in [1.54, 1.807) is 28.8 Å². The normalized spacial score (nSPS) is 15.6. The van der Waals surface area contributed by atoms with Crippen molar-refractivity contribution in [3.05, 3.63) is 56.7 Å². The summed E-state index contributed by atoms with van der Waals surface area (Å²) in [5, 5.41) is 1.15. The minimum absolute atomic E-state index is 0.00350. The number of amides is 2. The lowest BCUT2D eigenvalue weighted by atomic mass is 10.1. The number of rotatable bonds is 7. The maximum absolute atomic E-state index is 13.4. The Balaban J connectivity index is 1.51. The number of hydrogen-bond acceptors (Lipinski definition) is 7. The zero-order valence-electron chi connectivity index (χ0n) is 18.6. The van der Waals surface area contributed by atoms with Crippen molar-refractivity contribution in [2.75, 3.05) is 12.4 Å². The number of ether oxygens (including phenoxy) is 1. The van der Waals surface area contributed by atoms with Gasteiger partial charge in [-0.1, -0.05) is 36.9 Å². The molecule has 174 valence electrons. The number of carbonyl (C=O) groups excluding carboxylic acids is 2. The smallest absolute Gasteiger partial charge is 0.269 e.